The molecule has 1 rings (SSSR count). The Balaban J connectivity index is 2.57. The summed E-state index contributed by atoms with van der Waals surface area (Å²) >= 11 is 0. The summed E-state index contributed by atoms with van der Waals surface area (Å²) in [6, 6.07) is 0. The van der Waals surface area contributed by atoms with E-state index in [9.17, 15) is 4.79 Å². The highest BCUT2D eigenvalue weighted by atomic mass is 16.5. The fourth-order valence-corrected chi connectivity index (χ4v) is 2.32. The number of hydrogen-bond donors (Lipinski definition) is 1. The lowest BCUT2D eigenvalue weighted by molar-refractivity contribution is -0.144. The van der Waals surface area contributed by atoms with Gasteiger partial charge >= 0.3 is 5.97 Å². The van der Waals surface area contributed by atoms with Crippen molar-refractivity contribution < 1.29 is 14.3 Å². The predicted molar refractivity (Wildman–Crippen MR) is 78.7 cm³/mol. The molecule has 2 unspecified atom stereocenters. The Bertz CT molecular complexity index is 334. The molecule has 0 amide bonds. The molecular weight excluding hydrogens is 258 g/mol. The smallest absolute Gasteiger partial charge is 0.310 e. The number of carbonyl (C=O) groups excluding carboxylic acids is 1. The Morgan fingerprint density at radius 2 is 2.25 bits per heavy atom. The Morgan fingerprint density at radius 3 is 2.85 bits per heavy atom. The molecule has 0 bridgehead atoms. The number of nitrogens with zero attached hydrogens (tertiary/aromatic N) is 2. The molecule has 1 aliphatic heterocycles. The second kappa shape index (κ2) is 8.79. The lowest BCUT2D eigenvalue weighted by atomic mass is 10.1. The van der Waals surface area contributed by atoms with Gasteiger partial charge in [-0.1, -0.05) is 6.92 Å². The third kappa shape index (κ3) is 5.00. The van der Waals surface area contributed by atoms with Crippen LogP contribution >= 0.6 is 0 Å². The van der Waals surface area contributed by atoms with Gasteiger partial charge in [0.05, 0.1) is 26.2 Å². The van der Waals surface area contributed by atoms with Gasteiger partial charge in [0.2, 0.25) is 0 Å². The van der Waals surface area contributed by atoms with E-state index in [-0.39, 0.29) is 11.9 Å². The maximum atomic E-state index is 11.4. The Hall–Kier alpha value is -1.30. The number of likely N-dealkylation sites (tertiary alicyclic amines) is 1. The van der Waals surface area contributed by atoms with E-state index in [1.165, 1.54) is 7.11 Å². The third-order valence-corrected chi connectivity index (χ3v) is 3.44. The second-order valence-electron chi connectivity index (χ2n) is 5.17. The van der Waals surface area contributed by atoms with Crippen LogP contribution in [0.3, 0.4) is 0 Å². The topological polar surface area (TPSA) is 63.2 Å². The summed E-state index contributed by atoms with van der Waals surface area (Å²) in [5, 5.41) is 3.28. The van der Waals surface area contributed by atoms with E-state index in [1.54, 1.807) is 7.11 Å². The molecule has 0 aromatic rings. The molecule has 1 aliphatic rings. The average molecular weight is 285 g/mol. The van der Waals surface area contributed by atoms with Gasteiger partial charge in [-0.2, -0.15) is 0 Å². The largest absolute Gasteiger partial charge is 0.469 e. The number of nitrogens with one attached hydrogen (secondary N) is 1. The van der Waals surface area contributed by atoms with Crippen LogP contribution in [-0.4, -0.2) is 63.8 Å². The molecule has 116 valence electrons. The van der Waals surface area contributed by atoms with E-state index in [0.717, 1.165) is 38.6 Å². The van der Waals surface area contributed by atoms with Crippen molar-refractivity contribution in [1.29, 1.82) is 0 Å². The fourth-order valence-electron chi connectivity index (χ4n) is 2.32. The Morgan fingerprint density at radius 1 is 1.50 bits per heavy atom. The molecular formula is C14H27N3O3. The Labute approximate surface area is 121 Å². The van der Waals surface area contributed by atoms with Crippen LogP contribution in [0.5, 0.6) is 0 Å². The minimum absolute atomic E-state index is 0.217. The molecule has 0 aliphatic carbocycles. The van der Waals surface area contributed by atoms with Crippen LogP contribution in [0.25, 0.3) is 0 Å². The van der Waals surface area contributed by atoms with Crippen molar-refractivity contribution in [2.75, 3.05) is 47.0 Å². The molecule has 1 heterocycles. The van der Waals surface area contributed by atoms with Crippen molar-refractivity contribution in [2.45, 2.75) is 20.3 Å². The highest BCUT2D eigenvalue weighted by Gasteiger charge is 2.25. The molecule has 0 aromatic heterocycles. The van der Waals surface area contributed by atoms with Crippen molar-refractivity contribution in [1.82, 2.24) is 10.2 Å². The first-order valence-electron chi connectivity index (χ1n) is 7.22. The monoisotopic (exact) mass is 285 g/mol. The predicted octanol–water partition coefficient (Wildman–Crippen LogP) is 0.729. The first-order valence-corrected chi connectivity index (χ1v) is 7.22. The van der Waals surface area contributed by atoms with Gasteiger partial charge in [0, 0.05) is 32.7 Å². The minimum Gasteiger partial charge on any atom is -0.469 e. The summed E-state index contributed by atoms with van der Waals surface area (Å²) in [7, 11) is 3.14. The van der Waals surface area contributed by atoms with Crippen LogP contribution in [0.4, 0.5) is 0 Å². The number of esters is 1. The van der Waals surface area contributed by atoms with E-state index < -0.39 is 0 Å². The highest BCUT2D eigenvalue weighted by molar-refractivity contribution is 5.80. The molecule has 2 atom stereocenters. The van der Waals surface area contributed by atoms with Crippen LogP contribution in [0.2, 0.25) is 0 Å². The SMILES string of the molecule is CCNC(=NCC(C)C(=O)OC)N1CCC(COC)C1. The molecule has 6 heteroatoms. The number of rotatable bonds is 6. The molecule has 0 saturated carbocycles. The molecule has 6 nitrogen and oxygen atoms in total. The quantitative estimate of drug-likeness (QED) is 0.443. The van der Waals surface area contributed by atoms with E-state index in [2.05, 4.69) is 15.2 Å². The molecule has 1 saturated heterocycles. The highest BCUT2D eigenvalue weighted by Crippen LogP contribution is 2.16. The number of carbonyl (C=O) groups is 1. The molecule has 0 aromatic carbocycles. The van der Waals surface area contributed by atoms with Crippen LogP contribution in [0.15, 0.2) is 4.99 Å². The summed E-state index contributed by atoms with van der Waals surface area (Å²) in [5.41, 5.74) is 0. The molecule has 20 heavy (non-hydrogen) atoms. The van der Waals surface area contributed by atoms with Crippen LogP contribution in [-0.2, 0) is 14.3 Å². The molecule has 0 radical (unpaired) electrons. The van der Waals surface area contributed by atoms with Crippen molar-refractivity contribution in [3.05, 3.63) is 0 Å². The van der Waals surface area contributed by atoms with E-state index >= 15 is 0 Å². The number of ether oxygens (including phenoxy) is 2. The summed E-state index contributed by atoms with van der Waals surface area (Å²) in [6.45, 7) is 7.85. The summed E-state index contributed by atoms with van der Waals surface area (Å²) in [5.74, 6) is 0.998. The zero-order valence-electron chi connectivity index (χ0n) is 13.0. The number of methoxy groups -OCH3 is 2. The van der Waals surface area contributed by atoms with E-state index in [0.29, 0.717) is 12.5 Å². The van der Waals surface area contributed by atoms with Gasteiger partial charge in [-0.25, -0.2) is 0 Å². The van der Waals surface area contributed by atoms with Crippen LogP contribution < -0.4 is 5.32 Å². The summed E-state index contributed by atoms with van der Waals surface area (Å²) in [4.78, 5) is 18.2. The van der Waals surface area contributed by atoms with Gasteiger partial charge in [0.25, 0.3) is 0 Å². The van der Waals surface area contributed by atoms with Crippen molar-refractivity contribution in [2.24, 2.45) is 16.8 Å². The number of aliphatic imine (C=N–C) groups is 1. The van der Waals surface area contributed by atoms with Gasteiger partial charge in [0.15, 0.2) is 5.96 Å². The molecule has 1 N–H and O–H groups in total. The average Bonchev–Trinajstić information content (AvgIpc) is 2.91. The molecule has 1 fully saturated rings. The third-order valence-electron chi connectivity index (χ3n) is 3.44. The summed E-state index contributed by atoms with van der Waals surface area (Å²) < 4.78 is 9.93. The minimum atomic E-state index is -0.219. The number of hydrogen-bond acceptors (Lipinski definition) is 4. The van der Waals surface area contributed by atoms with Crippen LogP contribution in [0.1, 0.15) is 20.3 Å². The van der Waals surface area contributed by atoms with Gasteiger partial charge in [-0.15, -0.1) is 0 Å². The normalized spacial score (nSPS) is 20.9. The maximum Gasteiger partial charge on any atom is 0.310 e. The lowest BCUT2D eigenvalue weighted by Crippen LogP contribution is -2.40. The van der Waals surface area contributed by atoms with Crippen molar-refractivity contribution in [3.8, 4) is 0 Å². The fraction of sp³-hybridized carbons (Fsp3) is 0.857. The number of guanidine groups is 1. The summed E-state index contributed by atoms with van der Waals surface area (Å²) in [6.07, 6.45) is 1.12. The Kier molecular flexibility index (Phi) is 7.36. The van der Waals surface area contributed by atoms with Crippen molar-refractivity contribution in [3.63, 3.8) is 0 Å². The zero-order chi connectivity index (χ0) is 15.0. The van der Waals surface area contributed by atoms with Gasteiger partial charge in [0.1, 0.15) is 0 Å². The zero-order valence-corrected chi connectivity index (χ0v) is 13.0. The van der Waals surface area contributed by atoms with Gasteiger partial charge in [-0.05, 0) is 13.3 Å². The standard InChI is InChI=1S/C14H27N3O3/c1-5-15-14(16-8-11(2)13(18)20-4)17-7-6-12(9-17)10-19-3/h11-12H,5-10H2,1-4H3,(H,15,16). The first kappa shape index (κ1) is 16.8. The second-order valence-corrected chi connectivity index (χ2v) is 5.17. The lowest BCUT2D eigenvalue weighted by Gasteiger charge is -2.22. The van der Waals surface area contributed by atoms with Gasteiger partial charge < -0.3 is 19.7 Å². The van der Waals surface area contributed by atoms with E-state index in [1.807, 2.05) is 13.8 Å². The molecule has 0 spiro atoms. The van der Waals surface area contributed by atoms with Crippen LogP contribution in [0, 0.1) is 11.8 Å². The van der Waals surface area contributed by atoms with Crippen molar-refractivity contribution >= 4 is 11.9 Å². The van der Waals surface area contributed by atoms with Gasteiger partial charge in [-0.3, -0.25) is 9.79 Å². The first-order chi connectivity index (χ1) is 9.62. The maximum absolute atomic E-state index is 11.4. The van der Waals surface area contributed by atoms with E-state index in [4.69, 9.17) is 9.47 Å².